The summed E-state index contributed by atoms with van der Waals surface area (Å²) < 4.78 is 5.65. The molecule has 0 radical (unpaired) electrons. The second kappa shape index (κ2) is 5.84. The molecule has 0 unspecified atom stereocenters. The highest BCUT2D eigenvalue weighted by Crippen LogP contribution is 2.40. The summed E-state index contributed by atoms with van der Waals surface area (Å²) in [5, 5.41) is 0.757. The maximum Gasteiger partial charge on any atom is 0.260 e. The molecule has 0 atom stereocenters. The Hall–Kier alpha value is -2.28. The Kier molecular flexibility index (Phi) is 3.89. The minimum absolute atomic E-state index is 0.423. The third kappa shape index (κ3) is 2.59. The first kappa shape index (κ1) is 14.6. The lowest BCUT2D eigenvalue weighted by atomic mass is 10.2. The average molecular weight is 318 g/mol. The Morgan fingerprint density at radius 3 is 3.05 bits per heavy atom. The molecule has 0 saturated carbocycles. The third-order valence-corrected chi connectivity index (χ3v) is 4.61. The number of aryl methyl sites for hydroxylation is 1. The maximum absolute atomic E-state index is 11.6. The summed E-state index contributed by atoms with van der Waals surface area (Å²) in [5.74, 6) is 0.349. The third-order valence-electron chi connectivity index (χ3n) is 3.47. The van der Waals surface area contributed by atoms with Crippen molar-refractivity contribution in [2.24, 2.45) is 5.73 Å². The van der Waals surface area contributed by atoms with Gasteiger partial charge in [0.2, 0.25) is 0 Å². The molecule has 1 amide bonds. The Morgan fingerprint density at radius 2 is 2.32 bits per heavy atom. The molecule has 3 rings (SSSR count). The number of anilines is 3. The molecular weight excluding hydrogens is 300 g/mol. The fourth-order valence-corrected chi connectivity index (χ4v) is 3.49. The van der Waals surface area contributed by atoms with E-state index in [1.165, 1.54) is 11.3 Å². The average Bonchev–Trinajstić information content (AvgIpc) is 2.91. The fraction of sp³-hybridized carbons (Fsp3) is 0.333. The molecule has 0 fully saturated rings. The van der Waals surface area contributed by atoms with E-state index >= 15 is 0 Å². The first-order chi connectivity index (χ1) is 10.6. The highest BCUT2D eigenvalue weighted by molar-refractivity contribution is 7.17. The number of thiazole rings is 1. The number of nitrogens with zero attached hydrogens (tertiary/aromatic N) is 2. The Balaban J connectivity index is 2.04. The minimum atomic E-state index is -0.423. The number of hydrogen-bond donors (Lipinski definition) is 2. The van der Waals surface area contributed by atoms with Crippen molar-refractivity contribution in [3.05, 3.63) is 28.8 Å². The van der Waals surface area contributed by atoms with Crippen molar-refractivity contribution in [2.45, 2.75) is 19.8 Å². The van der Waals surface area contributed by atoms with Gasteiger partial charge in [0, 0.05) is 5.69 Å². The molecule has 22 heavy (non-hydrogen) atoms. The van der Waals surface area contributed by atoms with Gasteiger partial charge in [-0.1, -0.05) is 24.7 Å². The van der Waals surface area contributed by atoms with Crippen molar-refractivity contribution in [1.82, 2.24) is 4.98 Å². The van der Waals surface area contributed by atoms with E-state index in [1.54, 1.807) is 0 Å². The molecule has 0 saturated heterocycles. The number of nitrogens with two attached hydrogens (primary N) is 2. The zero-order chi connectivity index (χ0) is 15.7. The zero-order valence-electron chi connectivity index (χ0n) is 12.3. The van der Waals surface area contributed by atoms with Crippen LogP contribution in [0.1, 0.15) is 28.7 Å². The molecule has 2 heterocycles. The molecule has 7 heteroatoms. The van der Waals surface area contributed by atoms with E-state index in [0.29, 0.717) is 23.7 Å². The van der Waals surface area contributed by atoms with Crippen LogP contribution in [0.25, 0.3) is 0 Å². The van der Waals surface area contributed by atoms with Crippen molar-refractivity contribution in [1.29, 1.82) is 0 Å². The highest BCUT2D eigenvalue weighted by atomic mass is 32.1. The first-order valence-corrected chi connectivity index (χ1v) is 8.01. The van der Waals surface area contributed by atoms with Gasteiger partial charge in [-0.2, -0.15) is 0 Å². The number of amides is 1. The van der Waals surface area contributed by atoms with Crippen molar-refractivity contribution in [3.8, 4) is 5.75 Å². The molecule has 4 N–H and O–H groups in total. The van der Waals surface area contributed by atoms with Crippen molar-refractivity contribution in [3.63, 3.8) is 0 Å². The molecule has 1 aliphatic rings. The first-order valence-electron chi connectivity index (χ1n) is 7.19. The molecule has 2 aromatic rings. The van der Waals surface area contributed by atoms with E-state index in [9.17, 15) is 4.79 Å². The van der Waals surface area contributed by atoms with E-state index < -0.39 is 5.91 Å². The second-order valence-corrected chi connectivity index (χ2v) is 6.09. The van der Waals surface area contributed by atoms with Crippen LogP contribution in [0.3, 0.4) is 0 Å². The van der Waals surface area contributed by atoms with Gasteiger partial charge in [-0.15, -0.1) is 0 Å². The molecule has 1 aromatic carbocycles. The number of benzene rings is 1. The van der Waals surface area contributed by atoms with E-state index in [2.05, 4.69) is 11.9 Å². The second-order valence-electron chi connectivity index (χ2n) is 5.11. The number of fused-ring (bicyclic) bond motifs is 1. The van der Waals surface area contributed by atoms with Gasteiger partial charge in [0.1, 0.15) is 17.2 Å². The van der Waals surface area contributed by atoms with Crippen LogP contribution in [-0.4, -0.2) is 24.0 Å². The van der Waals surface area contributed by atoms with Gasteiger partial charge in [0.25, 0.3) is 5.91 Å². The Labute approximate surface area is 132 Å². The van der Waals surface area contributed by atoms with E-state index in [0.717, 1.165) is 35.1 Å². The van der Waals surface area contributed by atoms with Crippen LogP contribution in [-0.2, 0) is 6.42 Å². The van der Waals surface area contributed by atoms with Crippen LogP contribution < -0.4 is 21.1 Å². The Morgan fingerprint density at radius 1 is 1.50 bits per heavy atom. The number of carbonyl (C=O) groups is 1. The number of nitrogen functional groups attached to an aromatic ring is 1. The van der Waals surface area contributed by atoms with E-state index in [-0.39, 0.29) is 0 Å². The normalized spacial score (nSPS) is 13.6. The van der Waals surface area contributed by atoms with Crippen LogP contribution in [0.15, 0.2) is 18.2 Å². The van der Waals surface area contributed by atoms with Gasteiger partial charge >= 0.3 is 0 Å². The number of rotatable bonds is 4. The SMILES string of the molecule is CCCc1nc(N2CCOc3ccc(N)cc32)sc1C(N)=O. The summed E-state index contributed by atoms with van der Waals surface area (Å²) in [5.41, 5.74) is 13.7. The molecule has 116 valence electrons. The van der Waals surface area contributed by atoms with Gasteiger partial charge in [-0.3, -0.25) is 4.79 Å². The van der Waals surface area contributed by atoms with Crippen molar-refractivity contribution in [2.75, 3.05) is 23.8 Å². The summed E-state index contributed by atoms with van der Waals surface area (Å²) in [6.45, 7) is 3.27. The number of primary amides is 1. The van der Waals surface area contributed by atoms with Crippen LogP contribution in [0.4, 0.5) is 16.5 Å². The predicted octanol–water partition coefficient (Wildman–Crippen LogP) is 2.31. The van der Waals surface area contributed by atoms with Crippen molar-refractivity contribution >= 4 is 33.8 Å². The fourth-order valence-electron chi connectivity index (χ4n) is 2.49. The zero-order valence-corrected chi connectivity index (χ0v) is 13.2. The highest BCUT2D eigenvalue weighted by Gasteiger charge is 2.25. The van der Waals surface area contributed by atoms with Gasteiger partial charge in [0.15, 0.2) is 5.13 Å². The van der Waals surface area contributed by atoms with Gasteiger partial charge in [0.05, 0.1) is 17.9 Å². The smallest absolute Gasteiger partial charge is 0.260 e. The van der Waals surface area contributed by atoms with Crippen LogP contribution >= 0.6 is 11.3 Å². The number of carbonyl (C=O) groups excluding carboxylic acids is 1. The summed E-state index contributed by atoms with van der Waals surface area (Å²) in [4.78, 5) is 18.8. The summed E-state index contributed by atoms with van der Waals surface area (Å²) in [6, 6.07) is 5.52. The number of ether oxygens (including phenoxy) is 1. The number of aromatic nitrogens is 1. The van der Waals surface area contributed by atoms with Gasteiger partial charge < -0.3 is 21.1 Å². The lowest BCUT2D eigenvalue weighted by Gasteiger charge is -2.29. The molecule has 1 aliphatic heterocycles. The van der Waals surface area contributed by atoms with E-state index in [1.807, 2.05) is 23.1 Å². The summed E-state index contributed by atoms with van der Waals surface area (Å²) in [7, 11) is 0. The Bertz CT molecular complexity index is 714. The van der Waals surface area contributed by atoms with Gasteiger partial charge in [-0.05, 0) is 24.6 Å². The summed E-state index contributed by atoms with van der Waals surface area (Å²) >= 11 is 1.33. The minimum Gasteiger partial charge on any atom is -0.490 e. The topological polar surface area (TPSA) is 94.5 Å². The van der Waals surface area contributed by atoms with Gasteiger partial charge in [-0.25, -0.2) is 4.98 Å². The maximum atomic E-state index is 11.6. The molecule has 0 aliphatic carbocycles. The molecule has 1 aromatic heterocycles. The van der Waals surface area contributed by atoms with Crippen LogP contribution in [0.2, 0.25) is 0 Å². The molecule has 0 bridgehead atoms. The quantitative estimate of drug-likeness (QED) is 0.844. The lowest BCUT2D eigenvalue weighted by molar-refractivity contribution is 0.100. The molecular formula is C15H18N4O2S. The predicted molar refractivity (Wildman–Crippen MR) is 88.0 cm³/mol. The van der Waals surface area contributed by atoms with Crippen LogP contribution in [0, 0.1) is 0 Å². The monoisotopic (exact) mass is 318 g/mol. The van der Waals surface area contributed by atoms with Crippen LogP contribution in [0.5, 0.6) is 5.75 Å². The molecule has 6 nitrogen and oxygen atoms in total. The standard InChI is InChI=1S/C15H18N4O2S/c1-2-3-10-13(14(17)20)22-15(18-10)19-6-7-21-12-5-4-9(16)8-11(12)19/h4-5,8H,2-3,6-7,16H2,1H3,(H2,17,20). The van der Waals surface area contributed by atoms with Crippen molar-refractivity contribution < 1.29 is 9.53 Å². The summed E-state index contributed by atoms with van der Waals surface area (Å²) in [6.07, 6.45) is 1.65. The molecule has 0 spiro atoms. The largest absolute Gasteiger partial charge is 0.490 e. The van der Waals surface area contributed by atoms with E-state index in [4.69, 9.17) is 16.2 Å². The number of hydrogen-bond acceptors (Lipinski definition) is 6. The lowest BCUT2D eigenvalue weighted by Crippen LogP contribution is -2.28.